The molecule has 0 amide bonds. The number of para-hydroxylation sites is 3. The van der Waals surface area contributed by atoms with Crippen molar-refractivity contribution < 1.29 is 4.58 Å². The molecule has 0 unspecified atom stereocenters. The molecule has 6 nitrogen and oxygen atoms in total. The van der Waals surface area contributed by atoms with Crippen LogP contribution in [0.5, 0.6) is 0 Å². The van der Waals surface area contributed by atoms with Crippen molar-refractivity contribution in [3.63, 3.8) is 0 Å². The van der Waals surface area contributed by atoms with Gasteiger partial charge in [0.2, 0.25) is 5.69 Å². The van der Waals surface area contributed by atoms with Crippen molar-refractivity contribution in [1.82, 2.24) is 15.0 Å². The number of nitrogens with two attached hydrogens (primary N) is 1. The smallest absolute Gasteiger partial charge is 0.209 e. The average molecular weight is 664 g/mol. The molecule has 3 aromatic carbocycles. The molecule has 0 bridgehead atoms. The molecule has 0 saturated heterocycles. The summed E-state index contributed by atoms with van der Waals surface area (Å²) in [6, 6.07) is 25.6. The van der Waals surface area contributed by atoms with Gasteiger partial charge >= 0.3 is 0 Å². The van der Waals surface area contributed by atoms with Gasteiger partial charge in [0.15, 0.2) is 5.71 Å². The van der Waals surface area contributed by atoms with Crippen LogP contribution < -0.4 is 10.6 Å². The van der Waals surface area contributed by atoms with Crippen molar-refractivity contribution in [2.45, 2.75) is 84.5 Å². The van der Waals surface area contributed by atoms with Crippen LogP contribution in [-0.2, 0) is 10.8 Å². The number of aromatic nitrogens is 3. The number of nitrogens with zero attached hydrogens (tertiary/aromatic N) is 5. The third-order valence-corrected chi connectivity index (χ3v) is 10.8. The first-order valence-electron chi connectivity index (χ1n) is 18.4. The summed E-state index contributed by atoms with van der Waals surface area (Å²) in [5, 5.41) is 9.41. The molecule has 7 rings (SSSR count). The molecule has 4 aromatic rings. The lowest BCUT2D eigenvalue weighted by Gasteiger charge is -2.27. The molecule has 0 spiro atoms. The summed E-state index contributed by atoms with van der Waals surface area (Å²) in [6.45, 7) is 15.9. The van der Waals surface area contributed by atoms with Crippen LogP contribution in [0.3, 0.4) is 0 Å². The van der Waals surface area contributed by atoms with E-state index in [-0.39, 0.29) is 10.8 Å². The van der Waals surface area contributed by atoms with E-state index in [0.717, 1.165) is 62.1 Å². The van der Waals surface area contributed by atoms with Crippen LogP contribution in [0.2, 0.25) is 0 Å². The third kappa shape index (κ3) is 5.74. The van der Waals surface area contributed by atoms with E-state index in [2.05, 4.69) is 129 Å². The lowest BCUT2D eigenvalue weighted by atomic mass is 9.81. The SMILES string of the molecule is CCCN1/C(=C/C=C2\CCCC(/C=C/C3=[N+](CCC)c4ccccc4C3(C)C)=C2n2cc(-c3ccccc3N)nn2)C(C)(C)c2ccccc21. The fraction of sp³-hybridized carbons (Fsp3) is 0.341. The van der Waals surface area contributed by atoms with Gasteiger partial charge in [0.1, 0.15) is 12.2 Å². The van der Waals surface area contributed by atoms with Crippen LogP contribution in [0, 0.1) is 0 Å². The highest BCUT2D eigenvalue weighted by molar-refractivity contribution is 6.03. The summed E-state index contributed by atoms with van der Waals surface area (Å²) in [6.07, 6.45) is 16.7. The Balaban J connectivity index is 1.37. The van der Waals surface area contributed by atoms with Crippen LogP contribution in [0.1, 0.15) is 84.8 Å². The first-order chi connectivity index (χ1) is 24.2. The Bertz CT molecular complexity index is 2080. The van der Waals surface area contributed by atoms with Gasteiger partial charge in [0.05, 0.1) is 17.3 Å². The van der Waals surface area contributed by atoms with Crippen LogP contribution in [-0.4, -0.2) is 38.4 Å². The molecule has 1 aliphatic carbocycles. The number of nitrogen functional groups attached to an aromatic ring is 1. The first kappa shape index (κ1) is 33.5. The van der Waals surface area contributed by atoms with Gasteiger partial charge in [-0.05, 0) is 74.4 Å². The molecule has 0 fully saturated rings. The van der Waals surface area contributed by atoms with E-state index >= 15 is 0 Å². The van der Waals surface area contributed by atoms with E-state index in [1.807, 2.05) is 35.1 Å². The summed E-state index contributed by atoms with van der Waals surface area (Å²) < 4.78 is 4.51. The van der Waals surface area contributed by atoms with Gasteiger partial charge in [-0.15, -0.1) is 5.10 Å². The molecule has 0 radical (unpaired) electrons. The maximum absolute atomic E-state index is 6.40. The van der Waals surface area contributed by atoms with Crippen molar-refractivity contribution in [3.8, 4) is 11.3 Å². The Morgan fingerprint density at radius 1 is 0.820 bits per heavy atom. The average Bonchev–Trinajstić information content (AvgIpc) is 3.74. The van der Waals surface area contributed by atoms with Gasteiger partial charge in [-0.25, -0.2) is 4.68 Å². The molecule has 0 saturated carbocycles. The van der Waals surface area contributed by atoms with E-state index in [4.69, 9.17) is 10.9 Å². The van der Waals surface area contributed by atoms with Gasteiger partial charge in [0.25, 0.3) is 0 Å². The van der Waals surface area contributed by atoms with Crippen LogP contribution in [0.25, 0.3) is 17.0 Å². The second-order valence-electron chi connectivity index (χ2n) is 14.9. The van der Waals surface area contributed by atoms with Crippen molar-refractivity contribution in [2.75, 3.05) is 23.7 Å². The zero-order valence-electron chi connectivity index (χ0n) is 30.6. The Kier molecular flexibility index (Phi) is 8.98. The highest BCUT2D eigenvalue weighted by Crippen LogP contribution is 2.48. The lowest BCUT2D eigenvalue weighted by Crippen LogP contribution is -2.28. The first-order valence-corrected chi connectivity index (χ1v) is 18.4. The van der Waals surface area contributed by atoms with E-state index in [0.29, 0.717) is 5.69 Å². The number of allylic oxidation sites excluding steroid dienone is 8. The van der Waals surface area contributed by atoms with Crippen molar-refractivity contribution in [3.05, 3.63) is 131 Å². The number of benzene rings is 3. The zero-order chi connectivity index (χ0) is 35.0. The maximum Gasteiger partial charge on any atom is 0.209 e. The normalized spacial score (nSPS) is 19.7. The minimum Gasteiger partial charge on any atom is -0.398 e. The number of fused-ring (bicyclic) bond motifs is 2. The predicted molar refractivity (Wildman–Crippen MR) is 209 cm³/mol. The topological polar surface area (TPSA) is 63.0 Å². The molecule has 50 heavy (non-hydrogen) atoms. The monoisotopic (exact) mass is 663 g/mol. The Labute approximate surface area is 298 Å². The van der Waals surface area contributed by atoms with Gasteiger partial charge in [-0.1, -0.05) is 99.7 Å². The summed E-state index contributed by atoms with van der Waals surface area (Å²) in [5.74, 6) is 0. The standard InChI is InChI=1S/C44H51N6/c1-7-28-48-38-22-13-10-19-34(38)43(3,4)40(48)26-24-31-16-15-17-32(42(31)50-30-37(46-47-50)33-18-9-12-21-36(33)45)25-27-41-44(5,6)35-20-11-14-23-39(35)49(41)29-8-2/h9-14,18-27,30H,7-8,15-17,28-29,45H2,1-6H3/q+1. The highest BCUT2D eigenvalue weighted by atomic mass is 15.4. The van der Waals surface area contributed by atoms with Crippen molar-refractivity contribution in [1.29, 1.82) is 0 Å². The molecular formula is C44H51N6+. The van der Waals surface area contributed by atoms with Gasteiger partial charge in [-0.2, -0.15) is 4.58 Å². The Morgan fingerprint density at radius 3 is 2.34 bits per heavy atom. The highest BCUT2D eigenvalue weighted by Gasteiger charge is 2.44. The number of hydrogen-bond acceptors (Lipinski definition) is 4. The van der Waals surface area contributed by atoms with Gasteiger partial charge < -0.3 is 10.6 Å². The molecule has 1 aromatic heterocycles. The summed E-state index contributed by atoms with van der Waals surface area (Å²) >= 11 is 0. The Hall–Kier alpha value is -4.97. The minimum absolute atomic E-state index is 0.0994. The lowest BCUT2D eigenvalue weighted by molar-refractivity contribution is -0.437. The molecule has 2 aliphatic heterocycles. The molecule has 2 N–H and O–H groups in total. The molecule has 3 heterocycles. The summed E-state index contributed by atoms with van der Waals surface area (Å²) in [4.78, 5) is 2.52. The van der Waals surface area contributed by atoms with Crippen molar-refractivity contribution >= 4 is 28.5 Å². The maximum atomic E-state index is 6.40. The molecular weight excluding hydrogens is 613 g/mol. The number of rotatable bonds is 9. The van der Waals surface area contributed by atoms with Crippen LogP contribution in [0.4, 0.5) is 17.1 Å². The molecule has 6 heteroatoms. The Morgan fingerprint density at radius 2 is 1.56 bits per heavy atom. The second kappa shape index (κ2) is 13.4. The van der Waals surface area contributed by atoms with Crippen LogP contribution >= 0.6 is 0 Å². The van der Waals surface area contributed by atoms with E-state index in [1.54, 1.807) is 0 Å². The quantitative estimate of drug-likeness (QED) is 0.143. The number of hydrogen-bond donors (Lipinski definition) is 1. The largest absolute Gasteiger partial charge is 0.398 e. The third-order valence-electron chi connectivity index (χ3n) is 10.8. The minimum atomic E-state index is -0.0994. The fourth-order valence-corrected chi connectivity index (χ4v) is 8.33. The van der Waals surface area contributed by atoms with E-state index < -0.39 is 0 Å². The van der Waals surface area contributed by atoms with E-state index in [1.165, 1.54) is 45.1 Å². The van der Waals surface area contributed by atoms with E-state index in [9.17, 15) is 0 Å². The predicted octanol–water partition coefficient (Wildman–Crippen LogP) is 9.98. The van der Waals surface area contributed by atoms with Crippen molar-refractivity contribution in [2.24, 2.45) is 0 Å². The fourth-order valence-electron chi connectivity index (χ4n) is 8.33. The van der Waals surface area contributed by atoms with Gasteiger partial charge in [-0.3, -0.25) is 0 Å². The summed E-state index contributed by atoms with van der Waals surface area (Å²) in [5.41, 5.74) is 20.3. The van der Waals surface area contributed by atoms with Gasteiger partial charge in [0, 0.05) is 58.7 Å². The summed E-state index contributed by atoms with van der Waals surface area (Å²) in [7, 11) is 0. The molecule has 256 valence electrons. The molecule has 3 aliphatic rings. The second-order valence-corrected chi connectivity index (χ2v) is 14.9. The number of anilines is 2. The zero-order valence-corrected chi connectivity index (χ0v) is 30.6. The molecule has 0 atom stereocenters. The van der Waals surface area contributed by atoms with Crippen LogP contribution in [0.15, 0.2) is 120 Å².